The zero-order chi connectivity index (χ0) is 14.5. The van der Waals surface area contributed by atoms with E-state index in [1.165, 1.54) is 18.5 Å². The number of aliphatic hydroxyl groups excluding tert-OH is 1. The SMILES string of the molecule is O=C(NCC(O)c1c(F)cccc1F)c1cccnc1. The van der Waals surface area contributed by atoms with Crippen molar-refractivity contribution >= 4 is 5.91 Å². The molecule has 0 radical (unpaired) electrons. The molecule has 1 unspecified atom stereocenters. The van der Waals surface area contributed by atoms with E-state index in [-0.39, 0.29) is 6.54 Å². The van der Waals surface area contributed by atoms with Crippen LogP contribution in [0.1, 0.15) is 22.0 Å². The standard InChI is InChI=1S/C14H12F2N2O2/c15-10-4-1-5-11(16)13(10)12(19)8-18-14(20)9-3-2-6-17-7-9/h1-7,12,19H,8H2,(H,18,20). The number of nitrogens with zero attached hydrogens (tertiary/aromatic N) is 1. The Morgan fingerprint density at radius 1 is 1.25 bits per heavy atom. The maximum Gasteiger partial charge on any atom is 0.252 e. The van der Waals surface area contributed by atoms with Crippen LogP contribution in [-0.4, -0.2) is 22.5 Å². The highest BCUT2D eigenvalue weighted by Gasteiger charge is 2.18. The number of nitrogens with one attached hydrogen (secondary N) is 1. The Kier molecular flexibility index (Phi) is 4.37. The Hall–Kier alpha value is -2.34. The van der Waals surface area contributed by atoms with Gasteiger partial charge >= 0.3 is 0 Å². The summed E-state index contributed by atoms with van der Waals surface area (Å²) in [4.78, 5) is 15.5. The van der Waals surface area contributed by atoms with E-state index in [4.69, 9.17) is 0 Å². The van der Waals surface area contributed by atoms with Gasteiger partial charge < -0.3 is 10.4 Å². The summed E-state index contributed by atoms with van der Waals surface area (Å²) in [6.45, 7) is -0.300. The van der Waals surface area contributed by atoms with Crippen molar-refractivity contribution in [1.29, 1.82) is 0 Å². The molecule has 0 bridgehead atoms. The molecular weight excluding hydrogens is 266 g/mol. The van der Waals surface area contributed by atoms with E-state index in [1.807, 2.05) is 0 Å². The third kappa shape index (κ3) is 3.16. The van der Waals surface area contributed by atoms with E-state index < -0.39 is 29.2 Å². The van der Waals surface area contributed by atoms with Gasteiger partial charge in [-0.3, -0.25) is 9.78 Å². The van der Waals surface area contributed by atoms with Crippen molar-refractivity contribution < 1.29 is 18.7 Å². The Balaban J connectivity index is 2.02. The van der Waals surface area contributed by atoms with Crippen LogP contribution in [0.2, 0.25) is 0 Å². The maximum absolute atomic E-state index is 13.4. The molecule has 6 heteroatoms. The lowest BCUT2D eigenvalue weighted by Gasteiger charge is -2.13. The molecule has 20 heavy (non-hydrogen) atoms. The fraction of sp³-hybridized carbons (Fsp3) is 0.143. The molecule has 1 aromatic heterocycles. The first-order chi connectivity index (χ1) is 9.59. The summed E-state index contributed by atoms with van der Waals surface area (Å²) in [6.07, 6.45) is 1.41. The Bertz CT molecular complexity index is 585. The lowest BCUT2D eigenvalue weighted by atomic mass is 10.1. The molecule has 1 aromatic carbocycles. The minimum atomic E-state index is -1.46. The second kappa shape index (κ2) is 6.21. The third-order valence-electron chi connectivity index (χ3n) is 2.71. The molecule has 4 nitrogen and oxygen atoms in total. The van der Waals surface area contributed by atoms with Gasteiger partial charge in [0.15, 0.2) is 0 Å². The highest BCUT2D eigenvalue weighted by Crippen LogP contribution is 2.19. The Labute approximate surface area is 114 Å². The van der Waals surface area contributed by atoms with Gasteiger partial charge in [-0.25, -0.2) is 8.78 Å². The molecule has 1 heterocycles. The third-order valence-corrected chi connectivity index (χ3v) is 2.71. The molecule has 1 amide bonds. The number of halogens is 2. The topological polar surface area (TPSA) is 62.2 Å². The van der Waals surface area contributed by atoms with Crippen molar-refractivity contribution in [3.63, 3.8) is 0 Å². The largest absolute Gasteiger partial charge is 0.386 e. The second-order valence-electron chi connectivity index (χ2n) is 4.10. The van der Waals surface area contributed by atoms with Gasteiger partial charge in [0.05, 0.1) is 11.1 Å². The quantitative estimate of drug-likeness (QED) is 0.896. The van der Waals surface area contributed by atoms with E-state index in [1.54, 1.807) is 12.1 Å². The molecule has 2 N–H and O–H groups in total. The van der Waals surface area contributed by atoms with Crippen LogP contribution in [-0.2, 0) is 0 Å². The minimum absolute atomic E-state index is 0.300. The zero-order valence-corrected chi connectivity index (χ0v) is 10.4. The molecular formula is C14H12F2N2O2. The van der Waals surface area contributed by atoms with E-state index in [0.29, 0.717) is 5.56 Å². The first kappa shape index (κ1) is 14.1. The number of benzene rings is 1. The van der Waals surface area contributed by atoms with Crippen LogP contribution in [0.3, 0.4) is 0 Å². The molecule has 0 aliphatic heterocycles. The molecule has 104 valence electrons. The summed E-state index contributed by atoms with van der Waals surface area (Å²) in [6, 6.07) is 6.42. The Morgan fingerprint density at radius 2 is 1.95 bits per heavy atom. The van der Waals surface area contributed by atoms with Crippen molar-refractivity contribution in [3.05, 3.63) is 65.5 Å². The van der Waals surface area contributed by atoms with E-state index in [2.05, 4.69) is 10.3 Å². The van der Waals surface area contributed by atoms with Crippen molar-refractivity contribution in [1.82, 2.24) is 10.3 Å². The first-order valence-corrected chi connectivity index (χ1v) is 5.90. The minimum Gasteiger partial charge on any atom is -0.386 e. The van der Waals surface area contributed by atoms with Crippen molar-refractivity contribution in [3.8, 4) is 0 Å². The van der Waals surface area contributed by atoms with Crippen LogP contribution >= 0.6 is 0 Å². The van der Waals surface area contributed by atoms with Gasteiger partial charge in [0.25, 0.3) is 5.91 Å². The lowest BCUT2D eigenvalue weighted by Crippen LogP contribution is -2.29. The maximum atomic E-state index is 13.4. The van der Waals surface area contributed by atoms with Crippen LogP contribution in [0.25, 0.3) is 0 Å². The van der Waals surface area contributed by atoms with Crippen LogP contribution < -0.4 is 5.32 Å². The second-order valence-corrected chi connectivity index (χ2v) is 4.10. The van der Waals surface area contributed by atoms with Gasteiger partial charge in [0, 0.05) is 18.9 Å². The number of amides is 1. The number of hydrogen-bond acceptors (Lipinski definition) is 3. The van der Waals surface area contributed by atoms with Gasteiger partial charge in [-0.05, 0) is 24.3 Å². The van der Waals surface area contributed by atoms with Gasteiger partial charge in [0.2, 0.25) is 0 Å². The van der Waals surface area contributed by atoms with Crippen LogP contribution in [0.15, 0.2) is 42.7 Å². The molecule has 0 aliphatic carbocycles. The number of carbonyl (C=O) groups is 1. The molecule has 1 atom stereocenters. The monoisotopic (exact) mass is 278 g/mol. The number of carbonyl (C=O) groups excluding carboxylic acids is 1. The number of aromatic nitrogens is 1. The van der Waals surface area contributed by atoms with Gasteiger partial charge in [-0.15, -0.1) is 0 Å². The van der Waals surface area contributed by atoms with Crippen molar-refractivity contribution in [2.75, 3.05) is 6.54 Å². The zero-order valence-electron chi connectivity index (χ0n) is 10.4. The van der Waals surface area contributed by atoms with E-state index in [0.717, 1.165) is 12.1 Å². The fourth-order valence-electron chi connectivity index (χ4n) is 1.72. The van der Waals surface area contributed by atoms with Crippen molar-refractivity contribution in [2.24, 2.45) is 0 Å². The number of hydrogen-bond donors (Lipinski definition) is 2. The number of pyridine rings is 1. The summed E-state index contributed by atoms with van der Waals surface area (Å²) in [5.41, 5.74) is -0.160. The normalized spacial score (nSPS) is 11.9. The Morgan fingerprint density at radius 3 is 2.55 bits per heavy atom. The van der Waals surface area contributed by atoms with Gasteiger partial charge in [-0.2, -0.15) is 0 Å². The van der Waals surface area contributed by atoms with E-state index in [9.17, 15) is 18.7 Å². The summed E-state index contributed by atoms with van der Waals surface area (Å²) < 4.78 is 26.9. The summed E-state index contributed by atoms with van der Waals surface area (Å²) in [5.74, 6) is -2.19. The predicted octanol–water partition coefficient (Wildman–Crippen LogP) is 1.82. The van der Waals surface area contributed by atoms with Crippen LogP contribution in [0.4, 0.5) is 8.78 Å². The smallest absolute Gasteiger partial charge is 0.252 e. The average molecular weight is 278 g/mol. The summed E-state index contributed by atoms with van der Waals surface area (Å²) in [7, 11) is 0. The van der Waals surface area contributed by atoms with Crippen LogP contribution in [0, 0.1) is 11.6 Å². The number of aliphatic hydroxyl groups is 1. The molecule has 0 spiro atoms. The van der Waals surface area contributed by atoms with E-state index >= 15 is 0 Å². The molecule has 0 saturated carbocycles. The van der Waals surface area contributed by atoms with Gasteiger partial charge in [-0.1, -0.05) is 6.07 Å². The molecule has 2 aromatic rings. The predicted molar refractivity (Wildman–Crippen MR) is 67.9 cm³/mol. The summed E-state index contributed by atoms with van der Waals surface area (Å²) in [5, 5.41) is 12.2. The molecule has 0 saturated heterocycles. The molecule has 0 aliphatic rings. The summed E-state index contributed by atoms with van der Waals surface area (Å²) >= 11 is 0. The van der Waals surface area contributed by atoms with Crippen molar-refractivity contribution in [2.45, 2.75) is 6.10 Å². The fourth-order valence-corrected chi connectivity index (χ4v) is 1.72. The highest BCUT2D eigenvalue weighted by atomic mass is 19.1. The molecule has 2 rings (SSSR count). The van der Waals surface area contributed by atoms with Crippen LogP contribution in [0.5, 0.6) is 0 Å². The lowest BCUT2D eigenvalue weighted by molar-refractivity contribution is 0.0911. The van der Waals surface area contributed by atoms with Gasteiger partial charge in [0.1, 0.15) is 17.7 Å². The average Bonchev–Trinajstić information content (AvgIpc) is 2.45. The molecule has 0 fully saturated rings. The first-order valence-electron chi connectivity index (χ1n) is 5.90. The number of rotatable bonds is 4. The highest BCUT2D eigenvalue weighted by molar-refractivity contribution is 5.93.